The molecule has 1 saturated carbocycles. The molecular formula is C17H24N4O4S. The van der Waals surface area contributed by atoms with Crippen LogP contribution in [0.5, 0.6) is 5.75 Å². The molecule has 1 aliphatic carbocycles. The quantitative estimate of drug-likeness (QED) is 0.788. The number of hydrogen-bond donors (Lipinski definition) is 1. The zero-order chi connectivity index (χ0) is 18.7. The molecule has 1 aromatic carbocycles. The number of ether oxygens (including phenoxy) is 1. The lowest BCUT2D eigenvalue weighted by Crippen LogP contribution is -2.22. The number of nitrogens with zero attached hydrogens (tertiary/aromatic N) is 3. The largest absolute Gasteiger partial charge is 0.495 e. The van der Waals surface area contributed by atoms with Crippen molar-refractivity contribution < 1.29 is 17.7 Å². The number of sulfonamides is 1. The fourth-order valence-corrected chi connectivity index (χ4v) is 4.08. The topological polar surface area (TPSA) is 97.6 Å². The fourth-order valence-electron chi connectivity index (χ4n) is 3.05. The zero-order valence-corrected chi connectivity index (χ0v) is 16.0. The van der Waals surface area contributed by atoms with E-state index in [0.717, 1.165) is 23.0 Å². The molecule has 1 aromatic heterocycles. The Kier molecular flexibility index (Phi) is 5.47. The molecule has 8 nitrogen and oxygen atoms in total. The Morgan fingerprint density at radius 3 is 2.69 bits per heavy atom. The van der Waals surface area contributed by atoms with Crippen molar-refractivity contribution in [3.05, 3.63) is 29.9 Å². The SMILES string of the molecule is COc1cc(NCc2nc(C3CCCC3)no2)ccc1S(=O)(=O)N(C)C. The van der Waals surface area contributed by atoms with Gasteiger partial charge in [-0.15, -0.1) is 0 Å². The third kappa shape index (κ3) is 3.83. The number of aromatic nitrogens is 2. The Balaban J connectivity index is 1.70. The summed E-state index contributed by atoms with van der Waals surface area (Å²) in [7, 11) is 0.843. The van der Waals surface area contributed by atoms with Gasteiger partial charge in [0.15, 0.2) is 5.82 Å². The maximum atomic E-state index is 12.3. The first-order chi connectivity index (χ1) is 12.4. The maximum absolute atomic E-state index is 12.3. The molecule has 1 aliphatic rings. The Morgan fingerprint density at radius 1 is 1.31 bits per heavy atom. The Bertz CT molecular complexity index is 857. The van der Waals surface area contributed by atoms with Crippen molar-refractivity contribution in [2.45, 2.75) is 43.0 Å². The van der Waals surface area contributed by atoms with E-state index in [-0.39, 0.29) is 10.6 Å². The lowest BCUT2D eigenvalue weighted by molar-refractivity contribution is 0.374. The second-order valence-electron chi connectivity index (χ2n) is 6.53. The van der Waals surface area contributed by atoms with Crippen molar-refractivity contribution in [1.29, 1.82) is 0 Å². The molecular weight excluding hydrogens is 356 g/mol. The molecule has 1 fully saturated rings. The van der Waals surface area contributed by atoms with Crippen LogP contribution in [0.3, 0.4) is 0 Å². The van der Waals surface area contributed by atoms with Crippen LogP contribution in [0.15, 0.2) is 27.6 Å². The lowest BCUT2D eigenvalue weighted by Gasteiger charge is -2.15. The van der Waals surface area contributed by atoms with Crippen molar-refractivity contribution >= 4 is 15.7 Å². The molecule has 0 spiro atoms. The average molecular weight is 380 g/mol. The number of methoxy groups -OCH3 is 1. The van der Waals surface area contributed by atoms with Crippen LogP contribution in [0, 0.1) is 0 Å². The summed E-state index contributed by atoms with van der Waals surface area (Å²) in [5.74, 6) is 1.98. The standard InChI is InChI=1S/C17H24N4O4S/c1-21(2)26(22,23)15-9-8-13(10-14(15)24-3)18-11-16-19-17(20-25-16)12-6-4-5-7-12/h8-10,12,18H,4-7,11H2,1-3H3. The fraction of sp³-hybridized carbons (Fsp3) is 0.529. The number of hydrogen-bond acceptors (Lipinski definition) is 7. The van der Waals surface area contributed by atoms with Gasteiger partial charge in [0.1, 0.15) is 10.6 Å². The molecule has 2 aromatic rings. The zero-order valence-electron chi connectivity index (χ0n) is 15.2. The van der Waals surface area contributed by atoms with E-state index in [2.05, 4.69) is 15.5 Å². The number of anilines is 1. The van der Waals surface area contributed by atoms with Crippen molar-refractivity contribution in [1.82, 2.24) is 14.4 Å². The van der Waals surface area contributed by atoms with Gasteiger partial charge in [-0.2, -0.15) is 4.98 Å². The van der Waals surface area contributed by atoms with E-state index >= 15 is 0 Å². The predicted molar refractivity (Wildman–Crippen MR) is 96.7 cm³/mol. The molecule has 0 radical (unpaired) electrons. The van der Waals surface area contributed by atoms with Crippen LogP contribution in [0.2, 0.25) is 0 Å². The smallest absolute Gasteiger partial charge is 0.246 e. The molecule has 1 heterocycles. The average Bonchev–Trinajstić information content (AvgIpc) is 3.30. The summed E-state index contributed by atoms with van der Waals surface area (Å²) in [6.07, 6.45) is 4.67. The number of benzene rings is 1. The molecule has 0 amide bonds. The van der Waals surface area contributed by atoms with E-state index < -0.39 is 10.0 Å². The van der Waals surface area contributed by atoms with Gasteiger partial charge >= 0.3 is 0 Å². The third-order valence-electron chi connectivity index (χ3n) is 4.57. The van der Waals surface area contributed by atoms with Crippen molar-refractivity contribution in [3.8, 4) is 5.75 Å². The van der Waals surface area contributed by atoms with E-state index in [1.165, 1.54) is 40.1 Å². The second-order valence-corrected chi connectivity index (χ2v) is 8.65. The van der Waals surface area contributed by atoms with Crippen LogP contribution in [0.4, 0.5) is 5.69 Å². The summed E-state index contributed by atoms with van der Waals surface area (Å²) in [6, 6.07) is 4.85. The van der Waals surface area contributed by atoms with Gasteiger partial charge < -0.3 is 14.6 Å². The van der Waals surface area contributed by atoms with Gasteiger partial charge in [0, 0.05) is 31.8 Å². The minimum absolute atomic E-state index is 0.122. The Labute approximate surface area is 153 Å². The molecule has 142 valence electrons. The highest BCUT2D eigenvalue weighted by atomic mass is 32.2. The van der Waals surface area contributed by atoms with Crippen molar-refractivity contribution in [3.63, 3.8) is 0 Å². The molecule has 3 rings (SSSR count). The van der Waals surface area contributed by atoms with E-state index in [1.54, 1.807) is 12.1 Å². The van der Waals surface area contributed by atoms with E-state index in [1.807, 2.05) is 0 Å². The van der Waals surface area contributed by atoms with Crippen molar-refractivity contribution in [2.24, 2.45) is 0 Å². The second kappa shape index (κ2) is 7.63. The summed E-state index contributed by atoms with van der Waals surface area (Å²) in [5.41, 5.74) is 0.708. The lowest BCUT2D eigenvalue weighted by atomic mass is 10.1. The summed E-state index contributed by atoms with van der Waals surface area (Å²) in [5, 5.41) is 7.24. The normalized spacial score (nSPS) is 15.5. The third-order valence-corrected chi connectivity index (χ3v) is 6.42. The van der Waals surface area contributed by atoms with Crippen LogP contribution in [0.1, 0.15) is 43.3 Å². The minimum Gasteiger partial charge on any atom is -0.495 e. The summed E-state index contributed by atoms with van der Waals surface area (Å²) >= 11 is 0. The molecule has 0 saturated heterocycles. The molecule has 0 aliphatic heterocycles. The van der Waals surface area contributed by atoms with E-state index in [0.29, 0.717) is 24.0 Å². The van der Waals surface area contributed by atoms with Gasteiger partial charge in [0.25, 0.3) is 0 Å². The first-order valence-corrected chi connectivity index (χ1v) is 10.0. The highest BCUT2D eigenvalue weighted by molar-refractivity contribution is 7.89. The van der Waals surface area contributed by atoms with E-state index in [9.17, 15) is 8.42 Å². The van der Waals surface area contributed by atoms with Crippen LogP contribution >= 0.6 is 0 Å². The summed E-state index contributed by atoms with van der Waals surface area (Å²) in [4.78, 5) is 4.58. The Hall–Kier alpha value is -2.13. The van der Waals surface area contributed by atoms with Gasteiger partial charge in [-0.1, -0.05) is 18.0 Å². The molecule has 26 heavy (non-hydrogen) atoms. The predicted octanol–water partition coefficient (Wildman–Crippen LogP) is 2.60. The first-order valence-electron chi connectivity index (χ1n) is 8.58. The molecule has 9 heteroatoms. The van der Waals surface area contributed by atoms with Gasteiger partial charge in [0.05, 0.1) is 13.7 Å². The summed E-state index contributed by atoms with van der Waals surface area (Å²) in [6.45, 7) is 0.364. The van der Waals surface area contributed by atoms with Gasteiger partial charge in [-0.25, -0.2) is 12.7 Å². The van der Waals surface area contributed by atoms with Crippen LogP contribution in [-0.2, 0) is 16.6 Å². The maximum Gasteiger partial charge on any atom is 0.246 e. The highest BCUT2D eigenvalue weighted by Crippen LogP contribution is 2.32. The minimum atomic E-state index is -3.57. The van der Waals surface area contributed by atoms with Gasteiger partial charge in [-0.3, -0.25) is 0 Å². The number of rotatable bonds is 7. The molecule has 0 unspecified atom stereocenters. The monoisotopic (exact) mass is 380 g/mol. The highest BCUT2D eigenvalue weighted by Gasteiger charge is 2.23. The first kappa shape index (κ1) is 18.7. The van der Waals surface area contributed by atoms with Crippen LogP contribution in [0.25, 0.3) is 0 Å². The van der Waals surface area contributed by atoms with Crippen molar-refractivity contribution in [2.75, 3.05) is 26.5 Å². The summed E-state index contributed by atoms with van der Waals surface area (Å²) < 4.78 is 36.4. The Morgan fingerprint density at radius 2 is 2.04 bits per heavy atom. The van der Waals surface area contributed by atoms with Gasteiger partial charge in [-0.05, 0) is 25.0 Å². The number of nitrogens with one attached hydrogen (secondary N) is 1. The van der Waals surface area contributed by atoms with Crippen LogP contribution in [-0.4, -0.2) is 44.1 Å². The molecule has 1 N–H and O–H groups in total. The van der Waals surface area contributed by atoms with Gasteiger partial charge in [0.2, 0.25) is 15.9 Å². The van der Waals surface area contributed by atoms with E-state index in [4.69, 9.17) is 9.26 Å². The molecule has 0 atom stereocenters. The van der Waals surface area contributed by atoms with Crippen LogP contribution < -0.4 is 10.1 Å². The molecule has 0 bridgehead atoms.